The molecule has 0 fully saturated rings. The molecule has 0 saturated carbocycles. The number of aromatic hydroxyl groups is 2. The number of anilines is 1. The second kappa shape index (κ2) is 7.43. The van der Waals surface area contributed by atoms with E-state index in [1.165, 1.54) is 24.5 Å². The third-order valence-electron chi connectivity index (χ3n) is 5.19. The highest BCUT2D eigenvalue weighted by atomic mass is 16.5. The van der Waals surface area contributed by atoms with Crippen molar-refractivity contribution in [1.82, 2.24) is 9.97 Å². The Morgan fingerprint density at radius 2 is 1.97 bits per heavy atom. The number of nitrogens with zero attached hydrogens (tertiary/aromatic N) is 3. The van der Waals surface area contributed by atoms with Crippen LogP contribution in [-0.4, -0.2) is 39.2 Å². The fourth-order valence-electron chi connectivity index (χ4n) is 3.66. The van der Waals surface area contributed by atoms with Crippen LogP contribution >= 0.6 is 0 Å². The Morgan fingerprint density at radius 1 is 1.14 bits per heavy atom. The van der Waals surface area contributed by atoms with Gasteiger partial charge in [-0.2, -0.15) is 0 Å². The molecule has 2 N–H and O–H groups in total. The molecular weight excluding hydrogens is 370 g/mol. The van der Waals surface area contributed by atoms with Gasteiger partial charge >= 0.3 is 0 Å². The summed E-state index contributed by atoms with van der Waals surface area (Å²) in [6.07, 6.45) is 3.09. The number of carbonyl (C=O) groups is 1. The Bertz CT molecular complexity index is 1080. The summed E-state index contributed by atoms with van der Waals surface area (Å²) in [4.78, 5) is 23.2. The first-order chi connectivity index (χ1) is 14.0. The van der Waals surface area contributed by atoms with Crippen molar-refractivity contribution in [2.75, 3.05) is 12.0 Å². The maximum absolute atomic E-state index is 13.2. The topological polar surface area (TPSA) is 95.8 Å². The highest BCUT2D eigenvalue weighted by Crippen LogP contribution is 2.36. The summed E-state index contributed by atoms with van der Waals surface area (Å²) in [6.45, 7) is 1.99. The molecule has 2 aromatic carbocycles. The minimum Gasteiger partial charge on any atom is -0.508 e. The average Bonchev–Trinajstić information content (AvgIpc) is 2.73. The number of carbonyl (C=O) groups excluding carboxylic acids is 1. The molecule has 1 atom stereocenters. The smallest absolute Gasteiger partial charge is 0.262 e. The highest BCUT2D eigenvalue weighted by molar-refractivity contribution is 6.09. The van der Waals surface area contributed by atoms with Crippen molar-refractivity contribution in [1.29, 1.82) is 0 Å². The summed E-state index contributed by atoms with van der Waals surface area (Å²) in [5, 5.41) is 19.6. The largest absolute Gasteiger partial charge is 0.508 e. The lowest BCUT2D eigenvalue weighted by molar-refractivity contribution is 0.0972. The van der Waals surface area contributed by atoms with Crippen molar-refractivity contribution >= 4 is 11.6 Å². The summed E-state index contributed by atoms with van der Waals surface area (Å²) >= 11 is 0. The number of phenols is 2. The molecule has 1 aliphatic heterocycles. The van der Waals surface area contributed by atoms with Gasteiger partial charge in [-0.25, -0.2) is 9.97 Å². The minimum atomic E-state index is -0.299. The molecule has 4 rings (SSSR count). The number of benzene rings is 2. The van der Waals surface area contributed by atoms with Gasteiger partial charge < -0.3 is 19.8 Å². The molecule has 1 aromatic heterocycles. The average molecular weight is 391 g/mol. The molecule has 3 aromatic rings. The van der Waals surface area contributed by atoms with Crippen molar-refractivity contribution in [2.45, 2.75) is 25.8 Å². The molecule has 7 heteroatoms. The molecule has 0 spiro atoms. The van der Waals surface area contributed by atoms with Gasteiger partial charge in [0.05, 0.1) is 18.4 Å². The molecule has 29 heavy (non-hydrogen) atoms. The second-order valence-corrected chi connectivity index (χ2v) is 7.05. The molecule has 2 heterocycles. The molecule has 0 unspecified atom stereocenters. The van der Waals surface area contributed by atoms with Crippen LogP contribution in [0.5, 0.6) is 17.4 Å². The number of methoxy groups -OCH3 is 1. The van der Waals surface area contributed by atoms with Gasteiger partial charge in [0.1, 0.15) is 17.8 Å². The number of rotatable bonds is 3. The van der Waals surface area contributed by atoms with Crippen LogP contribution in [-0.2, 0) is 6.42 Å². The van der Waals surface area contributed by atoms with E-state index in [4.69, 9.17) is 4.74 Å². The molecule has 1 aliphatic rings. The SMILES string of the molecule is COc1cc(-c2ccc3c(c2)CC[C@H](C)N3C(=O)c2ccc(O)cc2O)ncn1. The predicted octanol–water partition coefficient (Wildman–Crippen LogP) is 3.54. The standard InChI is InChI=1S/C22H21N3O4/c1-13-3-4-15-9-14(18-11-21(29-2)24-12-23-18)5-8-19(15)25(13)22(28)17-7-6-16(26)10-20(17)27/h5-13,26-27H,3-4H2,1-2H3/t13-/m0/s1. The quantitative estimate of drug-likeness (QED) is 0.709. The molecular formula is C22H21N3O4. The Kier molecular flexibility index (Phi) is 4.80. The van der Waals surface area contributed by atoms with E-state index in [0.29, 0.717) is 5.88 Å². The zero-order valence-electron chi connectivity index (χ0n) is 16.2. The van der Waals surface area contributed by atoms with E-state index in [-0.39, 0.29) is 29.0 Å². The summed E-state index contributed by atoms with van der Waals surface area (Å²) in [5.74, 6) is -0.136. The van der Waals surface area contributed by atoms with Crippen molar-refractivity contribution in [3.63, 3.8) is 0 Å². The van der Waals surface area contributed by atoms with Crippen molar-refractivity contribution in [2.24, 2.45) is 0 Å². The maximum Gasteiger partial charge on any atom is 0.262 e. The Hall–Kier alpha value is -3.61. The first kappa shape index (κ1) is 18.7. The second-order valence-electron chi connectivity index (χ2n) is 7.05. The van der Waals surface area contributed by atoms with Crippen LogP contribution in [0.15, 0.2) is 48.8 Å². The summed E-state index contributed by atoms with van der Waals surface area (Å²) < 4.78 is 5.17. The van der Waals surface area contributed by atoms with E-state index in [2.05, 4.69) is 9.97 Å². The van der Waals surface area contributed by atoms with Crippen LogP contribution in [0.1, 0.15) is 29.3 Å². The Labute approximate surface area is 168 Å². The first-order valence-electron chi connectivity index (χ1n) is 9.33. The number of fused-ring (bicyclic) bond motifs is 1. The highest BCUT2D eigenvalue weighted by Gasteiger charge is 2.30. The summed E-state index contributed by atoms with van der Waals surface area (Å²) in [5.41, 5.74) is 3.66. The lowest BCUT2D eigenvalue weighted by atomic mass is 9.93. The number of hydrogen-bond donors (Lipinski definition) is 2. The third kappa shape index (κ3) is 3.47. The van der Waals surface area contributed by atoms with Gasteiger partial charge in [-0.15, -0.1) is 0 Å². The number of amides is 1. The van der Waals surface area contributed by atoms with Crippen molar-refractivity contribution < 1.29 is 19.7 Å². The molecule has 0 radical (unpaired) electrons. The normalized spacial score (nSPS) is 15.7. The Morgan fingerprint density at radius 3 is 2.72 bits per heavy atom. The van der Waals surface area contributed by atoms with Crippen LogP contribution in [0.2, 0.25) is 0 Å². The first-order valence-corrected chi connectivity index (χ1v) is 9.33. The number of phenolic OH excluding ortho intramolecular Hbond substituents is 2. The van der Waals surface area contributed by atoms with E-state index < -0.39 is 0 Å². The van der Waals surface area contributed by atoms with E-state index in [9.17, 15) is 15.0 Å². The van der Waals surface area contributed by atoms with E-state index in [1.54, 1.807) is 18.1 Å². The van der Waals surface area contributed by atoms with Crippen molar-refractivity contribution in [3.05, 3.63) is 59.9 Å². The van der Waals surface area contributed by atoms with Crippen LogP contribution in [0.3, 0.4) is 0 Å². The zero-order valence-corrected chi connectivity index (χ0v) is 16.2. The molecule has 1 amide bonds. The lowest BCUT2D eigenvalue weighted by Crippen LogP contribution is -2.42. The van der Waals surface area contributed by atoms with Crippen LogP contribution in [0.4, 0.5) is 5.69 Å². The summed E-state index contributed by atoms with van der Waals surface area (Å²) in [6, 6.07) is 11.6. The minimum absolute atomic E-state index is 0.0202. The van der Waals surface area contributed by atoms with Crippen LogP contribution in [0.25, 0.3) is 11.3 Å². The van der Waals surface area contributed by atoms with E-state index in [1.807, 2.05) is 25.1 Å². The van der Waals surface area contributed by atoms with Gasteiger partial charge in [0.2, 0.25) is 5.88 Å². The van der Waals surface area contributed by atoms with Gasteiger partial charge in [0.25, 0.3) is 5.91 Å². The fourth-order valence-corrected chi connectivity index (χ4v) is 3.66. The van der Waals surface area contributed by atoms with Gasteiger partial charge in [-0.3, -0.25) is 4.79 Å². The number of aromatic nitrogens is 2. The number of aryl methyl sites for hydroxylation is 1. The van der Waals surface area contributed by atoms with Crippen LogP contribution in [0, 0.1) is 0 Å². The number of hydrogen-bond acceptors (Lipinski definition) is 6. The fraction of sp³-hybridized carbons (Fsp3) is 0.227. The predicted molar refractivity (Wildman–Crippen MR) is 108 cm³/mol. The van der Waals surface area contributed by atoms with Gasteiger partial charge in [0.15, 0.2) is 0 Å². The molecule has 148 valence electrons. The van der Waals surface area contributed by atoms with Gasteiger partial charge in [0, 0.05) is 29.4 Å². The Balaban J connectivity index is 1.73. The van der Waals surface area contributed by atoms with Crippen molar-refractivity contribution in [3.8, 4) is 28.6 Å². The number of ether oxygens (including phenoxy) is 1. The van der Waals surface area contributed by atoms with Gasteiger partial charge in [-0.05, 0) is 49.6 Å². The zero-order chi connectivity index (χ0) is 20.5. The van der Waals surface area contributed by atoms with E-state index in [0.717, 1.165) is 35.3 Å². The molecule has 7 nitrogen and oxygen atoms in total. The van der Waals surface area contributed by atoms with Crippen LogP contribution < -0.4 is 9.64 Å². The monoisotopic (exact) mass is 391 g/mol. The maximum atomic E-state index is 13.2. The molecule has 0 aliphatic carbocycles. The summed E-state index contributed by atoms with van der Waals surface area (Å²) in [7, 11) is 1.56. The third-order valence-corrected chi connectivity index (χ3v) is 5.19. The molecule has 0 saturated heterocycles. The van der Waals surface area contributed by atoms with E-state index >= 15 is 0 Å². The molecule has 0 bridgehead atoms. The lowest BCUT2D eigenvalue weighted by Gasteiger charge is -2.35. The van der Waals surface area contributed by atoms with Gasteiger partial charge in [-0.1, -0.05) is 6.07 Å².